The highest BCUT2D eigenvalue weighted by Crippen LogP contribution is 2.37. The molecule has 0 unspecified atom stereocenters. The minimum absolute atomic E-state index is 0.00227. The monoisotopic (exact) mass is 599 g/mol. The number of halogens is 6. The number of carbonyl (C=O) groups excluding carboxylic acids is 3. The first-order chi connectivity index (χ1) is 19.6. The number of benzene rings is 2. The van der Waals surface area contributed by atoms with Crippen molar-refractivity contribution in [3.8, 4) is 0 Å². The van der Waals surface area contributed by atoms with Gasteiger partial charge in [-0.15, -0.1) is 0 Å². The molecule has 2 aliphatic heterocycles. The van der Waals surface area contributed by atoms with Gasteiger partial charge in [-0.1, -0.05) is 51.1 Å². The molecule has 0 aromatic heterocycles. The topological polar surface area (TPSA) is 70.2 Å². The second-order valence-electron chi connectivity index (χ2n) is 10.8. The summed E-state index contributed by atoms with van der Waals surface area (Å²) < 4.78 is 85.1. The van der Waals surface area contributed by atoms with E-state index in [4.69, 9.17) is 4.74 Å². The molecule has 0 bridgehead atoms. The molecule has 3 atom stereocenters. The van der Waals surface area contributed by atoms with Gasteiger partial charge >= 0.3 is 18.4 Å². The van der Waals surface area contributed by atoms with Crippen LogP contribution in [-0.4, -0.2) is 57.9 Å². The third-order valence-corrected chi connectivity index (χ3v) is 7.53. The third-order valence-electron chi connectivity index (χ3n) is 7.53. The maximum atomic E-state index is 13.6. The van der Waals surface area contributed by atoms with E-state index in [0.717, 1.165) is 5.56 Å². The van der Waals surface area contributed by atoms with Crippen molar-refractivity contribution in [2.24, 2.45) is 11.8 Å². The number of rotatable bonds is 6. The molecule has 13 heteroatoms. The minimum atomic E-state index is -5.05. The molecule has 0 N–H and O–H groups in total. The molecule has 42 heavy (non-hydrogen) atoms. The van der Waals surface area contributed by atoms with Crippen LogP contribution in [0.25, 0.3) is 0 Å². The van der Waals surface area contributed by atoms with Gasteiger partial charge in [0.25, 0.3) is 0 Å². The van der Waals surface area contributed by atoms with E-state index in [1.165, 1.54) is 9.80 Å². The number of ether oxygens (including phenoxy) is 1. The van der Waals surface area contributed by atoms with Crippen molar-refractivity contribution in [3.63, 3.8) is 0 Å². The van der Waals surface area contributed by atoms with Gasteiger partial charge in [-0.2, -0.15) is 26.3 Å². The number of hydrogen-bond acceptors (Lipinski definition) is 4. The molecule has 2 fully saturated rings. The van der Waals surface area contributed by atoms with Crippen LogP contribution in [0.3, 0.4) is 0 Å². The summed E-state index contributed by atoms with van der Waals surface area (Å²) in [6.45, 7) is 4.53. The van der Waals surface area contributed by atoms with Gasteiger partial charge in [-0.3, -0.25) is 14.5 Å². The fraction of sp³-hybridized carbons (Fsp3) is 0.483. The molecule has 0 spiro atoms. The van der Waals surface area contributed by atoms with E-state index in [1.54, 1.807) is 25.7 Å². The van der Waals surface area contributed by atoms with Crippen LogP contribution >= 0.6 is 0 Å². The van der Waals surface area contributed by atoms with Gasteiger partial charge < -0.3 is 14.5 Å². The number of amides is 3. The molecule has 3 amide bonds. The Morgan fingerprint density at radius 2 is 1.50 bits per heavy atom. The highest BCUT2D eigenvalue weighted by Gasteiger charge is 2.52. The molecule has 0 aliphatic carbocycles. The summed E-state index contributed by atoms with van der Waals surface area (Å²) in [7, 11) is 0. The van der Waals surface area contributed by atoms with Crippen LogP contribution in [0.2, 0.25) is 0 Å². The second-order valence-corrected chi connectivity index (χ2v) is 10.8. The quantitative estimate of drug-likeness (QED) is 0.387. The Balaban J connectivity index is 1.63. The van der Waals surface area contributed by atoms with E-state index in [9.17, 15) is 40.7 Å². The normalized spacial score (nSPS) is 21.6. The Kier molecular flexibility index (Phi) is 8.79. The van der Waals surface area contributed by atoms with E-state index in [-0.39, 0.29) is 43.4 Å². The lowest BCUT2D eigenvalue weighted by molar-refractivity contribution is -0.176. The number of hydrogen-bond donors (Lipinski definition) is 0. The number of fused-ring (bicyclic) bond motifs is 1. The van der Waals surface area contributed by atoms with Gasteiger partial charge in [0.2, 0.25) is 11.8 Å². The highest BCUT2D eigenvalue weighted by molar-refractivity contribution is 5.91. The Bertz CT molecular complexity index is 1280. The molecular weight excluding hydrogens is 568 g/mol. The van der Waals surface area contributed by atoms with E-state index in [1.807, 2.05) is 30.3 Å². The van der Waals surface area contributed by atoms with Crippen LogP contribution in [0.4, 0.5) is 31.1 Å². The van der Waals surface area contributed by atoms with Crippen LogP contribution in [0.5, 0.6) is 0 Å². The fourth-order valence-electron chi connectivity index (χ4n) is 5.43. The minimum Gasteiger partial charge on any atom is -0.444 e. The Labute approximate surface area is 239 Å². The number of nitrogens with zero attached hydrogens (tertiary/aromatic N) is 3. The zero-order valence-corrected chi connectivity index (χ0v) is 23.2. The average Bonchev–Trinajstić information content (AvgIpc) is 2.92. The molecule has 2 aliphatic rings. The van der Waals surface area contributed by atoms with Gasteiger partial charge in [0.15, 0.2) is 0 Å². The summed E-state index contributed by atoms with van der Waals surface area (Å²) in [6, 6.07) is 9.23. The number of alkyl halides is 6. The molecule has 228 valence electrons. The van der Waals surface area contributed by atoms with Crippen molar-refractivity contribution in [2.45, 2.75) is 64.9 Å². The van der Waals surface area contributed by atoms with Crippen molar-refractivity contribution < 1.29 is 45.5 Å². The zero-order valence-electron chi connectivity index (χ0n) is 23.2. The predicted octanol–water partition coefficient (Wildman–Crippen LogP) is 5.92. The molecule has 7 nitrogen and oxygen atoms in total. The van der Waals surface area contributed by atoms with Crippen LogP contribution in [-0.2, 0) is 39.8 Å². The van der Waals surface area contributed by atoms with Gasteiger partial charge in [0.05, 0.1) is 23.6 Å². The molecule has 2 heterocycles. The van der Waals surface area contributed by atoms with Crippen molar-refractivity contribution in [1.82, 2.24) is 14.7 Å². The Morgan fingerprint density at radius 3 is 2.02 bits per heavy atom. The summed E-state index contributed by atoms with van der Waals surface area (Å²) in [5.74, 6) is -1.58. The molecule has 0 saturated carbocycles. The van der Waals surface area contributed by atoms with Crippen LogP contribution in [0.1, 0.15) is 49.4 Å². The Hall–Kier alpha value is -3.77. The standard InChI is InChI=1S/C29H31F6N3O4/c1-4-20-14-37(27(41)42-16-19-10-21(28(30,31)32)12-22(11-19)29(33,34)35)23-15-36(13-18-8-6-5-7-9-18)26(40)24(17(2)3)38(23)25(20)39/h5-12,17,20,23-24H,4,13-16H2,1-3H3/t20-,23-,24+/m1/s1. The van der Waals surface area contributed by atoms with Crippen LogP contribution < -0.4 is 0 Å². The summed E-state index contributed by atoms with van der Waals surface area (Å²) in [5, 5.41) is 0. The van der Waals surface area contributed by atoms with Gasteiger partial charge in [-0.25, -0.2) is 4.79 Å². The first kappa shape index (κ1) is 31.2. The lowest BCUT2D eigenvalue weighted by Gasteiger charge is -2.54. The van der Waals surface area contributed by atoms with Gasteiger partial charge in [0.1, 0.15) is 18.8 Å². The van der Waals surface area contributed by atoms with E-state index < -0.39 is 59.9 Å². The summed E-state index contributed by atoms with van der Waals surface area (Å²) >= 11 is 0. The third kappa shape index (κ3) is 6.49. The van der Waals surface area contributed by atoms with Crippen LogP contribution in [0, 0.1) is 11.8 Å². The average molecular weight is 600 g/mol. The summed E-state index contributed by atoms with van der Waals surface area (Å²) in [5.41, 5.74) is -2.71. The van der Waals surface area contributed by atoms with Gasteiger partial charge in [0, 0.05) is 13.1 Å². The lowest BCUT2D eigenvalue weighted by atomic mass is 9.91. The van der Waals surface area contributed by atoms with E-state index in [0.29, 0.717) is 18.6 Å². The van der Waals surface area contributed by atoms with Crippen molar-refractivity contribution >= 4 is 17.9 Å². The predicted molar refractivity (Wildman–Crippen MR) is 138 cm³/mol. The number of piperazine rings is 1. The maximum absolute atomic E-state index is 13.6. The first-order valence-corrected chi connectivity index (χ1v) is 13.5. The summed E-state index contributed by atoms with van der Waals surface area (Å²) in [4.78, 5) is 44.7. The maximum Gasteiger partial charge on any atom is 0.416 e. The zero-order chi connectivity index (χ0) is 31.0. The fourth-order valence-corrected chi connectivity index (χ4v) is 5.43. The van der Waals surface area contributed by atoms with Crippen molar-refractivity contribution in [1.29, 1.82) is 0 Å². The van der Waals surface area contributed by atoms with E-state index in [2.05, 4.69) is 0 Å². The molecule has 2 aromatic rings. The van der Waals surface area contributed by atoms with Crippen molar-refractivity contribution in [3.05, 3.63) is 70.8 Å². The first-order valence-electron chi connectivity index (χ1n) is 13.5. The molecular formula is C29H31F6N3O4. The highest BCUT2D eigenvalue weighted by atomic mass is 19.4. The SMILES string of the molecule is CC[C@@H]1CN(C(=O)OCc2cc(C(F)(F)F)cc(C(F)(F)F)c2)[C@H]2CN(Cc3ccccc3)C(=O)[C@H](C(C)C)N2C1=O. The molecule has 2 saturated heterocycles. The second kappa shape index (κ2) is 11.8. The lowest BCUT2D eigenvalue weighted by Crippen LogP contribution is -2.73. The van der Waals surface area contributed by atoms with E-state index >= 15 is 0 Å². The summed E-state index contributed by atoms with van der Waals surface area (Å²) in [6.07, 6.45) is -11.7. The van der Waals surface area contributed by atoms with Crippen molar-refractivity contribution in [2.75, 3.05) is 13.1 Å². The van der Waals surface area contributed by atoms with Crippen LogP contribution in [0.15, 0.2) is 48.5 Å². The largest absolute Gasteiger partial charge is 0.444 e. The number of carbonyl (C=O) groups is 3. The molecule has 0 radical (unpaired) electrons. The molecule has 2 aromatic carbocycles. The smallest absolute Gasteiger partial charge is 0.416 e. The van der Waals surface area contributed by atoms with Gasteiger partial charge in [-0.05, 0) is 41.7 Å². The Morgan fingerprint density at radius 1 is 0.905 bits per heavy atom. The molecule has 4 rings (SSSR count).